The fourth-order valence-electron chi connectivity index (χ4n) is 4.53. The molecule has 1 aromatic carbocycles. The van der Waals surface area contributed by atoms with Crippen molar-refractivity contribution in [1.29, 1.82) is 0 Å². The molecule has 0 aromatic heterocycles. The number of nitrogens with zero attached hydrogens (tertiary/aromatic N) is 2. The molecule has 1 heterocycles. The molecule has 2 fully saturated rings. The Morgan fingerprint density at radius 1 is 1.04 bits per heavy atom. The highest BCUT2D eigenvalue weighted by Gasteiger charge is 2.34. The number of amides is 2. The van der Waals surface area contributed by atoms with E-state index in [9.17, 15) is 9.59 Å². The molecule has 4 nitrogen and oxygen atoms in total. The van der Waals surface area contributed by atoms with Crippen LogP contribution < -0.4 is 0 Å². The highest BCUT2D eigenvalue weighted by molar-refractivity contribution is 5.81. The van der Waals surface area contributed by atoms with Gasteiger partial charge in [-0.3, -0.25) is 9.59 Å². The molecular weight excluding hydrogens is 336 g/mol. The Bertz CT molecular complexity index is 615. The zero-order valence-electron chi connectivity index (χ0n) is 16.9. The number of likely N-dealkylation sites (tertiary alicyclic amines) is 1. The Morgan fingerprint density at radius 2 is 1.67 bits per heavy atom. The Kier molecular flexibility index (Phi) is 6.92. The minimum atomic E-state index is 0.0399. The van der Waals surface area contributed by atoms with Crippen LogP contribution in [0.15, 0.2) is 30.3 Å². The standard InChI is InChI=1S/C23H34N2O2/c1-18(2)22(26)24-15-13-20(14-16-24)23(27)25(21-10-6-7-11-21)17-12-19-8-4-3-5-9-19/h3-5,8-9,18,20-21H,6-7,10-17H2,1-2H3. The summed E-state index contributed by atoms with van der Waals surface area (Å²) in [4.78, 5) is 29.7. The molecule has 0 spiro atoms. The largest absolute Gasteiger partial charge is 0.342 e. The third-order valence-electron chi connectivity index (χ3n) is 6.18. The van der Waals surface area contributed by atoms with Gasteiger partial charge in [0.1, 0.15) is 0 Å². The van der Waals surface area contributed by atoms with Gasteiger partial charge in [-0.05, 0) is 37.7 Å². The molecule has 0 atom stereocenters. The lowest BCUT2D eigenvalue weighted by atomic mass is 9.93. The van der Waals surface area contributed by atoms with Crippen molar-refractivity contribution in [2.75, 3.05) is 19.6 Å². The molecule has 27 heavy (non-hydrogen) atoms. The van der Waals surface area contributed by atoms with Gasteiger partial charge in [0.15, 0.2) is 0 Å². The van der Waals surface area contributed by atoms with Crippen LogP contribution in [0.5, 0.6) is 0 Å². The normalized spacial score (nSPS) is 18.9. The zero-order valence-corrected chi connectivity index (χ0v) is 16.9. The molecule has 0 bridgehead atoms. The van der Waals surface area contributed by atoms with E-state index in [-0.39, 0.29) is 17.7 Å². The molecule has 1 saturated heterocycles. The van der Waals surface area contributed by atoms with Crippen LogP contribution in [0.2, 0.25) is 0 Å². The summed E-state index contributed by atoms with van der Waals surface area (Å²) in [6.45, 7) is 6.17. The predicted molar refractivity (Wildman–Crippen MR) is 108 cm³/mol. The van der Waals surface area contributed by atoms with Gasteiger partial charge in [0.2, 0.25) is 11.8 Å². The molecule has 2 aliphatic rings. The van der Waals surface area contributed by atoms with Crippen molar-refractivity contribution >= 4 is 11.8 Å². The van der Waals surface area contributed by atoms with E-state index in [4.69, 9.17) is 0 Å². The molecule has 148 valence electrons. The van der Waals surface area contributed by atoms with Crippen LogP contribution in [0, 0.1) is 11.8 Å². The van der Waals surface area contributed by atoms with Crippen LogP contribution in [0.4, 0.5) is 0 Å². The highest BCUT2D eigenvalue weighted by atomic mass is 16.2. The summed E-state index contributed by atoms with van der Waals surface area (Å²) < 4.78 is 0. The van der Waals surface area contributed by atoms with Crippen molar-refractivity contribution in [2.45, 2.75) is 64.8 Å². The Morgan fingerprint density at radius 3 is 2.26 bits per heavy atom. The Labute approximate surface area is 163 Å². The summed E-state index contributed by atoms with van der Waals surface area (Å²) in [6, 6.07) is 10.9. The quantitative estimate of drug-likeness (QED) is 0.762. The molecule has 0 N–H and O–H groups in total. The van der Waals surface area contributed by atoms with E-state index >= 15 is 0 Å². The molecule has 1 saturated carbocycles. The van der Waals surface area contributed by atoms with Gasteiger partial charge in [-0.2, -0.15) is 0 Å². The van der Waals surface area contributed by atoms with E-state index in [2.05, 4.69) is 29.2 Å². The number of carbonyl (C=O) groups is 2. The van der Waals surface area contributed by atoms with Gasteiger partial charge < -0.3 is 9.80 Å². The smallest absolute Gasteiger partial charge is 0.226 e. The summed E-state index contributed by atoms with van der Waals surface area (Å²) in [6.07, 6.45) is 7.31. The molecule has 0 radical (unpaired) electrons. The maximum atomic E-state index is 13.3. The first-order valence-corrected chi connectivity index (χ1v) is 10.7. The number of piperidine rings is 1. The second-order valence-corrected chi connectivity index (χ2v) is 8.46. The number of hydrogen-bond acceptors (Lipinski definition) is 2. The van der Waals surface area contributed by atoms with Crippen molar-refractivity contribution in [3.05, 3.63) is 35.9 Å². The summed E-state index contributed by atoms with van der Waals surface area (Å²) in [5.74, 6) is 0.669. The number of carbonyl (C=O) groups excluding carboxylic acids is 2. The van der Waals surface area contributed by atoms with E-state index in [1.54, 1.807) is 0 Å². The third kappa shape index (κ3) is 5.12. The molecule has 3 rings (SSSR count). The molecular formula is C23H34N2O2. The van der Waals surface area contributed by atoms with Crippen molar-refractivity contribution in [3.63, 3.8) is 0 Å². The lowest BCUT2D eigenvalue weighted by molar-refractivity contribution is -0.143. The van der Waals surface area contributed by atoms with Gasteiger partial charge in [0.25, 0.3) is 0 Å². The third-order valence-corrected chi connectivity index (χ3v) is 6.18. The highest BCUT2D eigenvalue weighted by Crippen LogP contribution is 2.28. The average molecular weight is 371 g/mol. The maximum absolute atomic E-state index is 13.3. The minimum Gasteiger partial charge on any atom is -0.342 e. The van der Waals surface area contributed by atoms with Crippen molar-refractivity contribution < 1.29 is 9.59 Å². The molecule has 0 unspecified atom stereocenters. The topological polar surface area (TPSA) is 40.6 Å². The molecule has 4 heteroatoms. The van der Waals surface area contributed by atoms with Crippen LogP contribution in [-0.4, -0.2) is 47.3 Å². The van der Waals surface area contributed by atoms with E-state index in [1.807, 2.05) is 24.8 Å². The number of benzene rings is 1. The maximum Gasteiger partial charge on any atom is 0.226 e. The second kappa shape index (κ2) is 9.38. The summed E-state index contributed by atoms with van der Waals surface area (Å²) in [5.41, 5.74) is 1.30. The predicted octanol–water partition coefficient (Wildman–Crippen LogP) is 3.89. The van der Waals surface area contributed by atoms with Crippen LogP contribution in [0.3, 0.4) is 0 Å². The number of hydrogen-bond donors (Lipinski definition) is 0. The molecule has 2 amide bonds. The van der Waals surface area contributed by atoms with Gasteiger partial charge in [-0.15, -0.1) is 0 Å². The average Bonchev–Trinajstić information content (AvgIpc) is 3.23. The fraction of sp³-hybridized carbons (Fsp3) is 0.652. The van der Waals surface area contributed by atoms with Gasteiger partial charge in [-0.25, -0.2) is 0 Å². The summed E-state index contributed by atoms with van der Waals surface area (Å²) in [5, 5.41) is 0. The van der Waals surface area contributed by atoms with Gasteiger partial charge >= 0.3 is 0 Å². The molecule has 1 aromatic rings. The van der Waals surface area contributed by atoms with Crippen molar-refractivity contribution in [1.82, 2.24) is 9.80 Å². The van der Waals surface area contributed by atoms with Crippen LogP contribution in [-0.2, 0) is 16.0 Å². The fourth-order valence-corrected chi connectivity index (χ4v) is 4.53. The molecule has 1 aliphatic carbocycles. The van der Waals surface area contributed by atoms with Crippen molar-refractivity contribution in [3.8, 4) is 0 Å². The first-order chi connectivity index (χ1) is 13.1. The van der Waals surface area contributed by atoms with E-state index in [0.717, 1.165) is 51.7 Å². The summed E-state index contributed by atoms with van der Waals surface area (Å²) >= 11 is 0. The zero-order chi connectivity index (χ0) is 19.2. The van der Waals surface area contributed by atoms with E-state index in [0.29, 0.717) is 11.9 Å². The first-order valence-electron chi connectivity index (χ1n) is 10.7. The molecule has 1 aliphatic heterocycles. The van der Waals surface area contributed by atoms with Crippen molar-refractivity contribution in [2.24, 2.45) is 11.8 Å². The SMILES string of the molecule is CC(C)C(=O)N1CCC(C(=O)N(CCc2ccccc2)C2CCCC2)CC1. The monoisotopic (exact) mass is 370 g/mol. The second-order valence-electron chi connectivity index (χ2n) is 8.46. The minimum absolute atomic E-state index is 0.0399. The first kappa shape index (κ1) is 19.9. The Hall–Kier alpha value is -1.84. The van der Waals surface area contributed by atoms with Crippen LogP contribution in [0.25, 0.3) is 0 Å². The number of rotatable bonds is 6. The lowest BCUT2D eigenvalue weighted by Crippen LogP contribution is -2.48. The van der Waals surface area contributed by atoms with Crippen LogP contribution >= 0.6 is 0 Å². The van der Waals surface area contributed by atoms with E-state index in [1.165, 1.54) is 18.4 Å². The van der Waals surface area contributed by atoms with Gasteiger partial charge in [0, 0.05) is 37.5 Å². The van der Waals surface area contributed by atoms with E-state index < -0.39 is 0 Å². The van der Waals surface area contributed by atoms with Gasteiger partial charge in [0.05, 0.1) is 0 Å². The summed E-state index contributed by atoms with van der Waals surface area (Å²) in [7, 11) is 0. The van der Waals surface area contributed by atoms with Crippen LogP contribution in [0.1, 0.15) is 57.9 Å². The lowest BCUT2D eigenvalue weighted by Gasteiger charge is -2.37. The Balaban J connectivity index is 1.60. The van der Waals surface area contributed by atoms with Gasteiger partial charge in [-0.1, -0.05) is 57.0 Å².